The Balaban J connectivity index is 1.40. The van der Waals surface area contributed by atoms with Gasteiger partial charge in [-0.1, -0.05) is 17.3 Å². The second-order valence-corrected chi connectivity index (χ2v) is 7.44. The van der Waals surface area contributed by atoms with Crippen LogP contribution in [0.2, 0.25) is 0 Å². The fourth-order valence-electron chi connectivity index (χ4n) is 3.27. The summed E-state index contributed by atoms with van der Waals surface area (Å²) in [6.45, 7) is -0.0765. The number of rotatable bonds is 8. The van der Waals surface area contributed by atoms with Crippen LogP contribution in [0.15, 0.2) is 28.8 Å². The molecular weight excluding hydrogens is 406 g/mol. The molecule has 1 aliphatic carbocycles. The Morgan fingerprint density at radius 2 is 1.90 bits per heavy atom. The molecular formula is C20H21N5O6. The fourth-order valence-corrected chi connectivity index (χ4v) is 3.27. The van der Waals surface area contributed by atoms with Crippen LogP contribution in [0.1, 0.15) is 24.6 Å². The first-order chi connectivity index (χ1) is 14.9. The Bertz CT molecular complexity index is 1050. The van der Waals surface area contributed by atoms with Crippen LogP contribution in [-0.4, -0.2) is 64.4 Å². The molecule has 31 heavy (non-hydrogen) atoms. The van der Waals surface area contributed by atoms with E-state index >= 15 is 0 Å². The zero-order valence-corrected chi connectivity index (χ0v) is 17.1. The summed E-state index contributed by atoms with van der Waals surface area (Å²) in [5.41, 5.74) is 0.584. The number of imide groups is 2. The predicted octanol–water partition coefficient (Wildman–Crippen LogP) is 0.984. The van der Waals surface area contributed by atoms with E-state index in [4.69, 9.17) is 9.26 Å². The second kappa shape index (κ2) is 8.17. The third-order valence-electron chi connectivity index (χ3n) is 5.21. The normalized spacial score (nSPS) is 16.3. The Morgan fingerprint density at radius 1 is 1.19 bits per heavy atom. The van der Waals surface area contributed by atoms with Crippen molar-refractivity contribution in [3.05, 3.63) is 36.0 Å². The lowest BCUT2D eigenvalue weighted by atomic mass is 10.2. The lowest BCUT2D eigenvalue weighted by Crippen LogP contribution is -2.34. The minimum absolute atomic E-state index is 0.0366. The summed E-state index contributed by atoms with van der Waals surface area (Å²) in [4.78, 5) is 56.5. The maximum absolute atomic E-state index is 12.6. The number of hydrogen-bond acceptors (Lipinski definition) is 8. The van der Waals surface area contributed by atoms with Gasteiger partial charge < -0.3 is 14.2 Å². The highest BCUT2D eigenvalue weighted by Crippen LogP contribution is 2.31. The predicted molar refractivity (Wildman–Crippen MR) is 105 cm³/mol. The van der Waals surface area contributed by atoms with Gasteiger partial charge in [0.25, 0.3) is 0 Å². The monoisotopic (exact) mass is 427 g/mol. The standard InChI is InChI=1S/C20H21N5O6/c1-23(13-5-3-4-6-14(13)30-2)17(26)9-15-21-16(31-22-15)11-25-19(28)18(27)24(20(25)29)10-12-7-8-12/h3-6,12H,7-11H2,1-2H3. The average molecular weight is 427 g/mol. The number of para-hydroxylation sites is 2. The molecule has 162 valence electrons. The number of benzene rings is 1. The van der Waals surface area contributed by atoms with Gasteiger partial charge in [-0.25, -0.2) is 9.69 Å². The minimum Gasteiger partial charge on any atom is -0.495 e. The van der Waals surface area contributed by atoms with E-state index < -0.39 is 17.8 Å². The van der Waals surface area contributed by atoms with Crippen molar-refractivity contribution in [3.63, 3.8) is 0 Å². The SMILES string of the molecule is COc1ccccc1N(C)C(=O)Cc1noc(CN2C(=O)C(=O)N(CC3CC3)C2=O)n1. The zero-order chi connectivity index (χ0) is 22.1. The van der Waals surface area contributed by atoms with Crippen molar-refractivity contribution in [1.29, 1.82) is 0 Å². The molecule has 0 unspecified atom stereocenters. The van der Waals surface area contributed by atoms with Crippen molar-refractivity contribution in [1.82, 2.24) is 19.9 Å². The first-order valence-electron chi connectivity index (χ1n) is 9.77. The summed E-state index contributed by atoms with van der Waals surface area (Å²) in [6, 6.07) is 6.38. The van der Waals surface area contributed by atoms with Crippen molar-refractivity contribution in [2.75, 3.05) is 25.6 Å². The maximum atomic E-state index is 12.6. The molecule has 0 N–H and O–H groups in total. The molecule has 11 heteroatoms. The molecule has 1 saturated carbocycles. The summed E-state index contributed by atoms with van der Waals surface area (Å²) in [6.07, 6.45) is 1.72. The number of anilines is 1. The van der Waals surface area contributed by atoms with E-state index in [-0.39, 0.29) is 43.1 Å². The van der Waals surface area contributed by atoms with Crippen LogP contribution < -0.4 is 9.64 Å². The van der Waals surface area contributed by atoms with Crippen molar-refractivity contribution in [3.8, 4) is 5.75 Å². The Labute approximate surface area is 177 Å². The lowest BCUT2D eigenvalue weighted by molar-refractivity contribution is -0.143. The van der Waals surface area contributed by atoms with E-state index in [0.717, 1.165) is 22.6 Å². The van der Waals surface area contributed by atoms with Gasteiger partial charge in [0.05, 0.1) is 19.2 Å². The molecule has 2 fully saturated rings. The molecule has 1 saturated heterocycles. The number of carbonyl (C=O) groups is 4. The molecule has 2 aliphatic rings. The van der Waals surface area contributed by atoms with Crippen molar-refractivity contribution >= 4 is 29.4 Å². The smallest absolute Gasteiger partial charge is 0.334 e. The Kier molecular flexibility index (Phi) is 5.40. The number of aromatic nitrogens is 2. The number of nitrogens with zero attached hydrogens (tertiary/aromatic N) is 5. The zero-order valence-electron chi connectivity index (χ0n) is 17.1. The summed E-state index contributed by atoms with van der Waals surface area (Å²) in [7, 11) is 3.11. The molecule has 2 aromatic rings. The van der Waals surface area contributed by atoms with Crippen LogP contribution in [-0.2, 0) is 27.3 Å². The first kappa shape index (κ1) is 20.5. The highest BCUT2D eigenvalue weighted by Gasteiger charge is 2.46. The summed E-state index contributed by atoms with van der Waals surface area (Å²) >= 11 is 0. The van der Waals surface area contributed by atoms with E-state index in [1.165, 1.54) is 12.0 Å². The van der Waals surface area contributed by atoms with E-state index in [0.29, 0.717) is 11.4 Å². The Morgan fingerprint density at radius 3 is 2.61 bits per heavy atom. The second-order valence-electron chi connectivity index (χ2n) is 7.44. The lowest BCUT2D eigenvalue weighted by Gasteiger charge is -2.19. The summed E-state index contributed by atoms with van der Waals surface area (Å²) in [5, 5.41) is 3.75. The third kappa shape index (κ3) is 4.11. The minimum atomic E-state index is -0.919. The number of carbonyl (C=O) groups excluding carboxylic acids is 4. The molecule has 1 aromatic carbocycles. The molecule has 0 atom stereocenters. The maximum Gasteiger partial charge on any atom is 0.334 e. The quantitative estimate of drug-likeness (QED) is 0.451. The van der Waals surface area contributed by atoms with Gasteiger partial charge in [-0.2, -0.15) is 4.98 Å². The topological polar surface area (TPSA) is 126 Å². The molecule has 11 nitrogen and oxygen atoms in total. The highest BCUT2D eigenvalue weighted by molar-refractivity contribution is 6.44. The van der Waals surface area contributed by atoms with Crippen LogP contribution in [0.3, 0.4) is 0 Å². The first-order valence-corrected chi connectivity index (χ1v) is 9.77. The molecule has 0 spiro atoms. The van der Waals surface area contributed by atoms with Gasteiger partial charge in [-0.3, -0.25) is 19.3 Å². The van der Waals surface area contributed by atoms with Crippen LogP contribution in [0.25, 0.3) is 0 Å². The van der Waals surface area contributed by atoms with Crippen molar-refractivity contribution < 1.29 is 28.4 Å². The largest absolute Gasteiger partial charge is 0.495 e. The molecule has 4 rings (SSSR count). The highest BCUT2D eigenvalue weighted by atomic mass is 16.5. The molecule has 0 radical (unpaired) electrons. The van der Waals surface area contributed by atoms with Crippen molar-refractivity contribution in [2.24, 2.45) is 5.92 Å². The van der Waals surface area contributed by atoms with Gasteiger partial charge in [0, 0.05) is 13.6 Å². The molecule has 1 aromatic heterocycles. The number of likely N-dealkylation sites (N-methyl/N-ethyl adjacent to an activating group) is 1. The van der Waals surface area contributed by atoms with Gasteiger partial charge in [-0.15, -0.1) is 0 Å². The third-order valence-corrected chi connectivity index (χ3v) is 5.21. The number of methoxy groups -OCH3 is 1. The number of urea groups is 1. The number of hydrogen-bond donors (Lipinski definition) is 0. The molecule has 2 heterocycles. The summed E-state index contributed by atoms with van der Waals surface area (Å²) < 4.78 is 10.4. The van der Waals surface area contributed by atoms with Crippen LogP contribution in [0.5, 0.6) is 5.75 Å². The van der Waals surface area contributed by atoms with E-state index in [2.05, 4.69) is 10.1 Å². The average Bonchev–Trinajstić information content (AvgIpc) is 3.46. The van der Waals surface area contributed by atoms with Crippen LogP contribution in [0, 0.1) is 5.92 Å². The number of ether oxygens (including phenoxy) is 1. The van der Waals surface area contributed by atoms with Crippen molar-refractivity contribution in [2.45, 2.75) is 25.8 Å². The van der Waals surface area contributed by atoms with E-state index in [1.54, 1.807) is 31.3 Å². The van der Waals surface area contributed by atoms with Gasteiger partial charge in [0.2, 0.25) is 11.8 Å². The molecule has 5 amide bonds. The molecule has 1 aliphatic heterocycles. The summed E-state index contributed by atoms with van der Waals surface area (Å²) in [5.74, 6) is -1.20. The van der Waals surface area contributed by atoms with Gasteiger partial charge in [0.15, 0.2) is 5.82 Å². The van der Waals surface area contributed by atoms with Crippen LogP contribution in [0.4, 0.5) is 10.5 Å². The fraction of sp³-hybridized carbons (Fsp3) is 0.400. The van der Waals surface area contributed by atoms with E-state index in [9.17, 15) is 19.2 Å². The van der Waals surface area contributed by atoms with Gasteiger partial charge in [0.1, 0.15) is 12.3 Å². The van der Waals surface area contributed by atoms with Crippen LogP contribution >= 0.6 is 0 Å². The molecule has 0 bridgehead atoms. The van der Waals surface area contributed by atoms with Gasteiger partial charge >= 0.3 is 17.8 Å². The van der Waals surface area contributed by atoms with E-state index in [1.807, 2.05) is 0 Å². The number of amides is 5. The van der Waals surface area contributed by atoms with Gasteiger partial charge in [-0.05, 0) is 30.9 Å². The Hall–Kier alpha value is -3.76.